The first-order valence-corrected chi connectivity index (χ1v) is 13.6. The summed E-state index contributed by atoms with van der Waals surface area (Å²) in [4.78, 5) is -0.111. The van der Waals surface area contributed by atoms with Gasteiger partial charge >= 0.3 is 6.18 Å². The Bertz CT molecular complexity index is 889. The van der Waals surface area contributed by atoms with E-state index in [1.807, 2.05) is 19.1 Å². The van der Waals surface area contributed by atoms with Gasteiger partial charge in [-0.1, -0.05) is 12.2 Å². The van der Waals surface area contributed by atoms with E-state index in [2.05, 4.69) is 5.32 Å². The molecule has 0 amide bonds. The van der Waals surface area contributed by atoms with Gasteiger partial charge in [-0.3, -0.25) is 0 Å². The molecule has 2 fully saturated rings. The molecule has 1 aromatic carbocycles. The standard InChI is InChI=1S/C25H37F3N2O3S/c1-3-4-17-33-24(21-13-15-29-16-14-21)20-7-5-19(6-8-20)18-30(2)34(31,32)23-11-9-22(10-12-23)25(26,27)28/h3-4,9-12,19-21,24,29H,5-8,13-18H2,1-2H3/b4-3+. The second-order valence-corrected chi connectivity index (χ2v) is 11.6. The summed E-state index contributed by atoms with van der Waals surface area (Å²) in [7, 11) is -2.32. The summed E-state index contributed by atoms with van der Waals surface area (Å²) < 4.78 is 71.8. The van der Waals surface area contributed by atoms with Crippen LogP contribution in [0, 0.1) is 17.8 Å². The van der Waals surface area contributed by atoms with Crippen LogP contribution in [0.25, 0.3) is 0 Å². The zero-order valence-electron chi connectivity index (χ0n) is 20.1. The van der Waals surface area contributed by atoms with Crippen LogP contribution < -0.4 is 5.32 Å². The Morgan fingerprint density at radius 1 is 1.06 bits per heavy atom. The summed E-state index contributed by atoms with van der Waals surface area (Å²) in [6.45, 7) is 5.03. The van der Waals surface area contributed by atoms with Crippen LogP contribution in [0.15, 0.2) is 41.3 Å². The van der Waals surface area contributed by atoms with E-state index in [4.69, 9.17) is 4.74 Å². The lowest BCUT2D eigenvalue weighted by Crippen LogP contribution is -2.41. The lowest BCUT2D eigenvalue weighted by atomic mass is 9.74. The molecule has 1 heterocycles. The van der Waals surface area contributed by atoms with Crippen molar-refractivity contribution >= 4 is 10.0 Å². The number of ether oxygens (including phenoxy) is 1. The van der Waals surface area contributed by atoms with Crippen molar-refractivity contribution in [2.75, 3.05) is 33.3 Å². The van der Waals surface area contributed by atoms with Crippen molar-refractivity contribution in [2.45, 2.75) is 62.6 Å². The van der Waals surface area contributed by atoms with Crippen molar-refractivity contribution in [2.24, 2.45) is 17.8 Å². The largest absolute Gasteiger partial charge is 0.416 e. The molecule has 1 saturated heterocycles. The highest BCUT2D eigenvalue weighted by Crippen LogP contribution is 2.37. The predicted octanol–water partition coefficient (Wildman–Crippen LogP) is 5.09. The molecule has 0 bridgehead atoms. The minimum absolute atomic E-state index is 0.111. The Kier molecular flexibility index (Phi) is 9.60. The fourth-order valence-corrected chi connectivity index (χ4v) is 6.50. The highest BCUT2D eigenvalue weighted by Gasteiger charge is 2.35. The Balaban J connectivity index is 1.57. The van der Waals surface area contributed by atoms with E-state index in [0.29, 0.717) is 25.0 Å². The summed E-state index contributed by atoms with van der Waals surface area (Å²) in [5.74, 6) is 1.26. The molecule has 0 radical (unpaired) electrons. The SMILES string of the molecule is C/C=C/COC(C1CCNCC1)C1CCC(CN(C)S(=O)(=O)c2ccc(C(F)(F)F)cc2)CC1. The van der Waals surface area contributed by atoms with Crippen LogP contribution in [0.2, 0.25) is 0 Å². The molecule has 1 saturated carbocycles. The smallest absolute Gasteiger partial charge is 0.374 e. The van der Waals surface area contributed by atoms with Gasteiger partial charge < -0.3 is 10.1 Å². The van der Waals surface area contributed by atoms with Crippen LogP contribution >= 0.6 is 0 Å². The number of hydrogen-bond acceptors (Lipinski definition) is 4. The van der Waals surface area contributed by atoms with Crippen molar-refractivity contribution < 1.29 is 26.3 Å². The van der Waals surface area contributed by atoms with Crippen LogP contribution in [-0.4, -0.2) is 52.1 Å². The molecule has 192 valence electrons. The normalized spacial score (nSPS) is 24.1. The second-order valence-electron chi connectivity index (χ2n) is 9.54. The number of nitrogens with zero attached hydrogens (tertiary/aromatic N) is 1. The fraction of sp³-hybridized carbons (Fsp3) is 0.680. The molecule has 1 aliphatic carbocycles. The van der Waals surface area contributed by atoms with Crippen molar-refractivity contribution in [1.29, 1.82) is 0 Å². The molecule has 9 heteroatoms. The maximum atomic E-state index is 12.9. The maximum Gasteiger partial charge on any atom is 0.416 e. The van der Waals surface area contributed by atoms with Gasteiger partial charge in [0.15, 0.2) is 0 Å². The van der Waals surface area contributed by atoms with Gasteiger partial charge in [-0.2, -0.15) is 13.2 Å². The zero-order chi connectivity index (χ0) is 24.8. The molecule has 3 rings (SSSR count). The number of nitrogens with one attached hydrogen (secondary N) is 1. The van der Waals surface area contributed by atoms with Crippen LogP contribution in [0.5, 0.6) is 0 Å². The monoisotopic (exact) mass is 502 g/mol. The van der Waals surface area contributed by atoms with Gasteiger partial charge in [0.1, 0.15) is 0 Å². The molecule has 1 aliphatic heterocycles. The minimum Gasteiger partial charge on any atom is -0.374 e. The fourth-order valence-electron chi connectivity index (χ4n) is 5.25. The third-order valence-corrected chi connectivity index (χ3v) is 9.07. The van der Waals surface area contributed by atoms with E-state index in [1.54, 1.807) is 0 Å². The number of benzene rings is 1. The Morgan fingerprint density at radius 2 is 1.65 bits per heavy atom. The van der Waals surface area contributed by atoms with Crippen LogP contribution in [0.1, 0.15) is 51.0 Å². The van der Waals surface area contributed by atoms with Gasteiger partial charge in [0, 0.05) is 13.6 Å². The van der Waals surface area contributed by atoms with Crippen molar-refractivity contribution in [1.82, 2.24) is 9.62 Å². The van der Waals surface area contributed by atoms with Crippen molar-refractivity contribution in [3.63, 3.8) is 0 Å². The van der Waals surface area contributed by atoms with Gasteiger partial charge in [0.2, 0.25) is 10.0 Å². The number of allylic oxidation sites excluding steroid dienone is 1. The highest BCUT2D eigenvalue weighted by atomic mass is 32.2. The molecule has 0 spiro atoms. The zero-order valence-corrected chi connectivity index (χ0v) is 20.9. The van der Waals surface area contributed by atoms with Gasteiger partial charge in [0.05, 0.1) is 23.2 Å². The Hall–Kier alpha value is -1.42. The maximum absolute atomic E-state index is 12.9. The molecule has 2 aliphatic rings. The average molecular weight is 503 g/mol. The molecule has 1 aromatic rings. The number of piperidine rings is 1. The van der Waals surface area contributed by atoms with Gasteiger partial charge in [-0.05, 0) is 101 Å². The Labute approximate surface area is 201 Å². The van der Waals surface area contributed by atoms with E-state index in [9.17, 15) is 21.6 Å². The van der Waals surface area contributed by atoms with E-state index >= 15 is 0 Å². The van der Waals surface area contributed by atoms with E-state index < -0.39 is 21.8 Å². The van der Waals surface area contributed by atoms with Gasteiger partial charge in [0.25, 0.3) is 0 Å². The summed E-state index contributed by atoms with van der Waals surface area (Å²) in [5, 5.41) is 3.42. The highest BCUT2D eigenvalue weighted by molar-refractivity contribution is 7.89. The van der Waals surface area contributed by atoms with Crippen LogP contribution in [0.4, 0.5) is 13.2 Å². The molecule has 1 unspecified atom stereocenters. The first-order valence-electron chi connectivity index (χ1n) is 12.2. The third-order valence-electron chi connectivity index (χ3n) is 7.23. The summed E-state index contributed by atoms with van der Waals surface area (Å²) in [5.41, 5.74) is -0.854. The lowest BCUT2D eigenvalue weighted by molar-refractivity contribution is -0.137. The van der Waals surface area contributed by atoms with E-state index in [1.165, 1.54) is 11.4 Å². The lowest BCUT2D eigenvalue weighted by Gasteiger charge is -2.39. The average Bonchev–Trinajstić information content (AvgIpc) is 2.82. The third kappa shape index (κ3) is 7.06. The van der Waals surface area contributed by atoms with Crippen LogP contribution in [0.3, 0.4) is 0 Å². The van der Waals surface area contributed by atoms with E-state index in [0.717, 1.165) is 75.9 Å². The molecule has 5 nitrogen and oxygen atoms in total. The van der Waals surface area contributed by atoms with Crippen LogP contribution in [-0.2, 0) is 20.9 Å². The second kappa shape index (κ2) is 12.0. The molecule has 34 heavy (non-hydrogen) atoms. The molecule has 0 aromatic heterocycles. The van der Waals surface area contributed by atoms with Gasteiger partial charge in [-0.25, -0.2) is 12.7 Å². The molecular formula is C25H37F3N2O3S. The van der Waals surface area contributed by atoms with Gasteiger partial charge in [-0.15, -0.1) is 0 Å². The first kappa shape index (κ1) is 27.2. The summed E-state index contributed by atoms with van der Waals surface area (Å²) >= 11 is 0. The first-order chi connectivity index (χ1) is 16.1. The quantitative estimate of drug-likeness (QED) is 0.478. The molecule has 1 atom stereocenters. The molecule has 1 N–H and O–H groups in total. The summed E-state index contributed by atoms with van der Waals surface area (Å²) in [6, 6.07) is 3.72. The summed E-state index contributed by atoms with van der Waals surface area (Å²) in [6.07, 6.45) is 5.88. The number of alkyl halides is 3. The van der Waals surface area contributed by atoms with Crippen molar-refractivity contribution in [3.8, 4) is 0 Å². The van der Waals surface area contributed by atoms with Crippen molar-refractivity contribution in [3.05, 3.63) is 42.0 Å². The molecular weight excluding hydrogens is 465 g/mol. The number of sulfonamides is 1. The Morgan fingerprint density at radius 3 is 2.21 bits per heavy atom. The number of halogens is 3. The van der Waals surface area contributed by atoms with E-state index in [-0.39, 0.29) is 16.9 Å². The number of hydrogen-bond donors (Lipinski definition) is 1. The minimum atomic E-state index is -4.49. The predicted molar refractivity (Wildman–Crippen MR) is 127 cm³/mol. The topological polar surface area (TPSA) is 58.6 Å². The number of rotatable bonds is 9.